The molecule has 0 radical (unpaired) electrons. The highest BCUT2D eigenvalue weighted by Gasteiger charge is 2.25. The van der Waals surface area contributed by atoms with Crippen molar-refractivity contribution in [1.82, 2.24) is 25.0 Å². The number of aromatic nitrogens is 3. The van der Waals surface area contributed by atoms with Gasteiger partial charge in [-0.3, -0.25) is 14.0 Å². The van der Waals surface area contributed by atoms with Crippen molar-refractivity contribution in [3.05, 3.63) is 45.2 Å². The van der Waals surface area contributed by atoms with Gasteiger partial charge in [-0.1, -0.05) is 11.6 Å². The highest BCUT2D eigenvalue weighted by atomic mass is 35.5. The first-order valence-corrected chi connectivity index (χ1v) is 13.0. The fourth-order valence-corrected chi connectivity index (χ4v) is 5.94. The molecule has 0 spiro atoms. The summed E-state index contributed by atoms with van der Waals surface area (Å²) in [5.41, 5.74) is 1.08. The Morgan fingerprint density at radius 1 is 1.29 bits per heavy atom. The van der Waals surface area contributed by atoms with Gasteiger partial charge in [0.2, 0.25) is 11.4 Å². The van der Waals surface area contributed by atoms with Gasteiger partial charge < -0.3 is 16.0 Å². The summed E-state index contributed by atoms with van der Waals surface area (Å²) < 4.78 is 2.80. The highest BCUT2D eigenvalue weighted by Crippen LogP contribution is 2.33. The van der Waals surface area contributed by atoms with Gasteiger partial charge in [0.15, 0.2) is 5.65 Å². The summed E-state index contributed by atoms with van der Waals surface area (Å²) >= 11 is 7.71. The number of rotatable bonds is 7. The molecule has 4 heterocycles. The average Bonchev–Trinajstić information content (AvgIpc) is 3.37. The molecule has 1 saturated heterocycles. The third-order valence-electron chi connectivity index (χ3n) is 6.65. The second-order valence-electron chi connectivity index (χ2n) is 9.15. The van der Waals surface area contributed by atoms with Crippen LogP contribution in [-0.4, -0.2) is 46.0 Å². The van der Waals surface area contributed by atoms with Crippen LogP contribution in [0.5, 0.6) is 0 Å². The van der Waals surface area contributed by atoms with Crippen molar-refractivity contribution >= 4 is 60.9 Å². The minimum atomic E-state index is -0.365. The van der Waals surface area contributed by atoms with Gasteiger partial charge in [-0.05, 0) is 62.8 Å². The Labute approximate surface area is 204 Å². The molecule has 6 rings (SSSR count). The van der Waals surface area contributed by atoms with Crippen molar-refractivity contribution in [2.24, 2.45) is 5.92 Å². The number of amides is 1. The van der Waals surface area contributed by atoms with E-state index in [0.29, 0.717) is 45.3 Å². The van der Waals surface area contributed by atoms with E-state index < -0.39 is 0 Å². The summed E-state index contributed by atoms with van der Waals surface area (Å²) in [4.78, 5) is 36.4. The zero-order chi connectivity index (χ0) is 23.2. The monoisotopic (exact) mass is 496 g/mol. The first-order chi connectivity index (χ1) is 16.6. The summed E-state index contributed by atoms with van der Waals surface area (Å²) in [6.07, 6.45) is 7.07. The zero-order valence-electron chi connectivity index (χ0n) is 18.6. The largest absolute Gasteiger partial charge is 0.354 e. The first-order valence-electron chi connectivity index (χ1n) is 11.8. The summed E-state index contributed by atoms with van der Waals surface area (Å²) in [5, 5.41) is 10.6. The molecule has 176 valence electrons. The molecule has 2 fully saturated rings. The SMILES string of the molecule is O=C(NCCC1CCCN1)c1c(=O)c2cnc(NCC3CC3)nc2n2c1sc1ccc(Cl)cc12. The standard InChI is InChI=1S/C24H25ClN6O2S/c25-14-5-6-18-17(10-14)31-21-16(12-29-24(30-21)28-11-13-3-4-13)20(32)19(23(31)34-18)22(33)27-9-7-15-2-1-8-26-15/h5-6,10,12-13,15,26H,1-4,7-9,11H2,(H,27,33)(H,28,29,30). The van der Waals surface area contributed by atoms with E-state index in [1.165, 1.54) is 30.4 Å². The second-order valence-corrected chi connectivity index (χ2v) is 10.6. The molecule has 0 bridgehead atoms. The third kappa shape index (κ3) is 4.01. The minimum absolute atomic E-state index is 0.131. The number of carbonyl (C=O) groups excluding carboxylic acids is 1. The van der Waals surface area contributed by atoms with Crippen molar-refractivity contribution in [2.45, 2.75) is 38.1 Å². The van der Waals surface area contributed by atoms with Crippen LogP contribution < -0.4 is 21.4 Å². The van der Waals surface area contributed by atoms with E-state index in [0.717, 1.165) is 42.6 Å². The van der Waals surface area contributed by atoms with Crippen molar-refractivity contribution in [3.8, 4) is 0 Å². The molecular weight excluding hydrogens is 472 g/mol. The zero-order valence-corrected chi connectivity index (χ0v) is 20.1. The van der Waals surface area contributed by atoms with Gasteiger partial charge in [-0.25, -0.2) is 4.98 Å². The number of fused-ring (bicyclic) bond motifs is 5. The van der Waals surface area contributed by atoms with Crippen LogP contribution in [0.1, 0.15) is 42.5 Å². The van der Waals surface area contributed by atoms with E-state index in [4.69, 9.17) is 16.6 Å². The van der Waals surface area contributed by atoms with Crippen LogP contribution in [0.15, 0.2) is 29.2 Å². The Morgan fingerprint density at radius 3 is 2.97 bits per heavy atom. The number of benzene rings is 1. The maximum absolute atomic E-state index is 13.5. The van der Waals surface area contributed by atoms with E-state index in [2.05, 4.69) is 20.9 Å². The molecule has 1 amide bonds. The number of halogens is 1. The van der Waals surface area contributed by atoms with Gasteiger partial charge >= 0.3 is 0 Å². The van der Waals surface area contributed by atoms with Gasteiger partial charge in [-0.15, -0.1) is 11.3 Å². The molecule has 34 heavy (non-hydrogen) atoms. The third-order valence-corrected chi connectivity index (χ3v) is 8.03. The maximum atomic E-state index is 13.5. The number of hydrogen-bond acceptors (Lipinski definition) is 7. The maximum Gasteiger partial charge on any atom is 0.258 e. The van der Waals surface area contributed by atoms with Crippen molar-refractivity contribution in [1.29, 1.82) is 0 Å². The summed E-state index contributed by atoms with van der Waals surface area (Å²) in [7, 11) is 0. The van der Waals surface area contributed by atoms with E-state index in [1.807, 2.05) is 22.6 Å². The number of hydrogen-bond donors (Lipinski definition) is 3. The summed E-state index contributed by atoms with van der Waals surface area (Å²) in [5.74, 6) is 0.777. The normalized spacial score (nSPS) is 18.2. The number of thiazole rings is 1. The molecule has 3 N–H and O–H groups in total. The van der Waals surface area contributed by atoms with Gasteiger partial charge in [0, 0.05) is 30.4 Å². The Morgan fingerprint density at radius 2 is 2.18 bits per heavy atom. The minimum Gasteiger partial charge on any atom is -0.354 e. The Bertz CT molecular complexity index is 1470. The van der Waals surface area contributed by atoms with Gasteiger partial charge in [-0.2, -0.15) is 4.98 Å². The van der Waals surface area contributed by atoms with Gasteiger partial charge in [0.25, 0.3) is 5.91 Å². The predicted octanol–water partition coefficient (Wildman–Crippen LogP) is 3.80. The highest BCUT2D eigenvalue weighted by molar-refractivity contribution is 7.24. The lowest BCUT2D eigenvalue weighted by atomic mass is 10.1. The van der Waals surface area contributed by atoms with Gasteiger partial charge in [0.1, 0.15) is 10.4 Å². The van der Waals surface area contributed by atoms with E-state index in [9.17, 15) is 9.59 Å². The summed E-state index contributed by atoms with van der Waals surface area (Å²) in [6.45, 7) is 2.35. The molecule has 1 unspecified atom stereocenters. The molecule has 1 aliphatic heterocycles. The summed E-state index contributed by atoms with van der Waals surface area (Å²) in [6, 6.07) is 5.98. The predicted molar refractivity (Wildman–Crippen MR) is 136 cm³/mol. The molecule has 1 atom stereocenters. The Hall–Kier alpha value is -2.75. The number of pyridine rings is 1. The molecule has 2 aliphatic rings. The number of carbonyl (C=O) groups is 1. The topological polar surface area (TPSA) is 100 Å². The van der Waals surface area contributed by atoms with Crippen LogP contribution >= 0.6 is 22.9 Å². The van der Waals surface area contributed by atoms with Crippen LogP contribution in [0.25, 0.3) is 26.1 Å². The molecule has 4 aromatic rings. The van der Waals surface area contributed by atoms with Crippen molar-refractivity contribution in [2.75, 3.05) is 25.0 Å². The van der Waals surface area contributed by atoms with Gasteiger partial charge in [0.05, 0.1) is 15.6 Å². The van der Waals surface area contributed by atoms with Crippen LogP contribution in [0.4, 0.5) is 5.95 Å². The lowest BCUT2D eigenvalue weighted by Gasteiger charge is -2.12. The van der Waals surface area contributed by atoms with Crippen LogP contribution in [0.3, 0.4) is 0 Å². The van der Waals surface area contributed by atoms with Crippen LogP contribution in [-0.2, 0) is 0 Å². The quantitative estimate of drug-likeness (QED) is 0.360. The molecular formula is C24H25ClN6O2S. The number of anilines is 1. The number of nitrogens with one attached hydrogen (secondary N) is 3. The average molecular weight is 497 g/mol. The lowest BCUT2D eigenvalue weighted by Crippen LogP contribution is -2.33. The van der Waals surface area contributed by atoms with Crippen molar-refractivity contribution in [3.63, 3.8) is 0 Å². The second kappa shape index (κ2) is 8.79. The number of nitrogens with zero attached hydrogens (tertiary/aromatic N) is 3. The van der Waals surface area contributed by atoms with Crippen molar-refractivity contribution < 1.29 is 4.79 Å². The fourth-order valence-electron chi connectivity index (χ4n) is 4.61. The molecule has 3 aromatic heterocycles. The molecule has 8 nitrogen and oxygen atoms in total. The molecule has 10 heteroatoms. The van der Waals surface area contributed by atoms with E-state index in [1.54, 1.807) is 0 Å². The van der Waals surface area contributed by atoms with Crippen LogP contribution in [0.2, 0.25) is 5.02 Å². The fraction of sp³-hybridized carbons (Fsp3) is 0.417. The Kier molecular flexibility index (Phi) is 5.63. The first kappa shape index (κ1) is 21.8. The lowest BCUT2D eigenvalue weighted by molar-refractivity contribution is 0.0953. The molecule has 1 saturated carbocycles. The van der Waals surface area contributed by atoms with E-state index >= 15 is 0 Å². The van der Waals surface area contributed by atoms with Crippen LogP contribution in [0, 0.1) is 5.92 Å². The molecule has 1 aliphatic carbocycles. The molecule has 1 aromatic carbocycles. The van der Waals surface area contributed by atoms with E-state index in [-0.39, 0.29) is 16.9 Å². The Balaban J connectivity index is 1.46. The smallest absolute Gasteiger partial charge is 0.258 e.